The van der Waals surface area contributed by atoms with E-state index in [1.807, 2.05) is 6.92 Å². The Kier molecular flexibility index (Phi) is 6.26. The SMILES string of the molecule is CCCn1nc(C(=O)Nc2ccccc2NS(=O)(=O)c2ccc(F)cc2)ccc1=O. The predicted molar refractivity (Wildman–Crippen MR) is 110 cm³/mol. The number of hydrogen-bond acceptors (Lipinski definition) is 5. The average molecular weight is 430 g/mol. The maximum absolute atomic E-state index is 13.1. The molecule has 3 rings (SSSR count). The summed E-state index contributed by atoms with van der Waals surface area (Å²) in [4.78, 5) is 24.3. The molecule has 0 bridgehead atoms. The Bertz CT molecular complexity index is 1220. The molecule has 1 aromatic heterocycles. The number of carbonyl (C=O) groups excluding carboxylic acids is 1. The van der Waals surface area contributed by atoms with E-state index in [0.29, 0.717) is 13.0 Å². The molecule has 0 unspecified atom stereocenters. The quantitative estimate of drug-likeness (QED) is 0.599. The molecule has 0 fully saturated rings. The molecule has 0 aliphatic carbocycles. The molecule has 30 heavy (non-hydrogen) atoms. The van der Waals surface area contributed by atoms with Crippen LogP contribution in [0.4, 0.5) is 15.8 Å². The number of halogens is 1. The maximum atomic E-state index is 13.1. The topological polar surface area (TPSA) is 110 Å². The van der Waals surface area contributed by atoms with Gasteiger partial charge >= 0.3 is 0 Å². The van der Waals surface area contributed by atoms with Gasteiger partial charge in [-0.15, -0.1) is 0 Å². The second-order valence-electron chi connectivity index (χ2n) is 6.34. The molecule has 0 aliphatic rings. The van der Waals surface area contributed by atoms with E-state index >= 15 is 0 Å². The summed E-state index contributed by atoms with van der Waals surface area (Å²) >= 11 is 0. The van der Waals surface area contributed by atoms with Crippen molar-refractivity contribution in [2.24, 2.45) is 0 Å². The molecule has 8 nitrogen and oxygen atoms in total. The summed E-state index contributed by atoms with van der Waals surface area (Å²) in [6.07, 6.45) is 0.673. The van der Waals surface area contributed by atoms with E-state index in [2.05, 4.69) is 15.1 Å². The molecular formula is C20H19FN4O4S. The van der Waals surface area contributed by atoms with E-state index < -0.39 is 21.7 Å². The fraction of sp³-hybridized carbons (Fsp3) is 0.150. The van der Waals surface area contributed by atoms with E-state index in [-0.39, 0.29) is 27.5 Å². The first-order valence-corrected chi connectivity index (χ1v) is 10.6. The highest BCUT2D eigenvalue weighted by molar-refractivity contribution is 7.92. The third-order valence-corrected chi connectivity index (χ3v) is 5.46. The van der Waals surface area contributed by atoms with Crippen molar-refractivity contribution in [3.63, 3.8) is 0 Å². The molecule has 0 atom stereocenters. The molecule has 10 heteroatoms. The van der Waals surface area contributed by atoms with E-state index in [0.717, 1.165) is 24.3 Å². The number of rotatable bonds is 7. The molecule has 2 aromatic carbocycles. The third kappa shape index (κ3) is 4.90. The Labute approximate surface area is 172 Å². The summed E-state index contributed by atoms with van der Waals surface area (Å²) in [6.45, 7) is 2.25. The number of benzene rings is 2. The van der Waals surface area contributed by atoms with Crippen LogP contribution >= 0.6 is 0 Å². The predicted octanol–water partition coefficient (Wildman–Crippen LogP) is 2.85. The number of carbonyl (C=O) groups is 1. The van der Waals surface area contributed by atoms with Crippen molar-refractivity contribution >= 4 is 27.3 Å². The van der Waals surface area contributed by atoms with Gasteiger partial charge in [-0.2, -0.15) is 5.10 Å². The van der Waals surface area contributed by atoms with Crippen LogP contribution in [0.25, 0.3) is 0 Å². The Hall–Kier alpha value is -3.53. The normalized spacial score (nSPS) is 11.1. The fourth-order valence-electron chi connectivity index (χ4n) is 2.63. The molecule has 0 aliphatic heterocycles. The summed E-state index contributed by atoms with van der Waals surface area (Å²) in [5.74, 6) is -1.16. The minimum atomic E-state index is -4.00. The minimum Gasteiger partial charge on any atom is -0.319 e. The number of para-hydroxylation sites is 2. The highest BCUT2D eigenvalue weighted by atomic mass is 32.2. The first kappa shape index (κ1) is 21.2. The maximum Gasteiger partial charge on any atom is 0.276 e. The number of aryl methyl sites for hydroxylation is 1. The summed E-state index contributed by atoms with van der Waals surface area (Å²) < 4.78 is 41.8. The van der Waals surface area contributed by atoms with Gasteiger partial charge in [0, 0.05) is 12.6 Å². The van der Waals surface area contributed by atoms with Crippen LogP contribution in [0, 0.1) is 5.82 Å². The van der Waals surface area contributed by atoms with Crippen molar-refractivity contribution in [3.05, 3.63) is 82.5 Å². The van der Waals surface area contributed by atoms with Crippen molar-refractivity contribution in [3.8, 4) is 0 Å². The molecule has 1 amide bonds. The lowest BCUT2D eigenvalue weighted by Crippen LogP contribution is -2.26. The van der Waals surface area contributed by atoms with Crippen LogP contribution in [0.2, 0.25) is 0 Å². The molecule has 0 radical (unpaired) electrons. The molecule has 3 aromatic rings. The summed E-state index contributed by atoms with van der Waals surface area (Å²) in [5.41, 5.74) is 0.0142. The van der Waals surface area contributed by atoms with Crippen LogP contribution in [0.5, 0.6) is 0 Å². The highest BCUT2D eigenvalue weighted by Crippen LogP contribution is 2.25. The Morgan fingerprint density at radius 3 is 2.37 bits per heavy atom. The number of hydrogen-bond donors (Lipinski definition) is 2. The number of aromatic nitrogens is 2. The Morgan fingerprint density at radius 2 is 1.70 bits per heavy atom. The van der Waals surface area contributed by atoms with Gasteiger partial charge in [0.15, 0.2) is 0 Å². The zero-order valence-corrected chi connectivity index (χ0v) is 16.8. The van der Waals surface area contributed by atoms with Crippen LogP contribution in [-0.4, -0.2) is 24.1 Å². The molecule has 1 heterocycles. The molecule has 0 saturated heterocycles. The Morgan fingerprint density at radius 1 is 1.03 bits per heavy atom. The van der Waals surface area contributed by atoms with Crippen LogP contribution < -0.4 is 15.6 Å². The van der Waals surface area contributed by atoms with Crippen molar-refractivity contribution < 1.29 is 17.6 Å². The second kappa shape index (κ2) is 8.87. The third-order valence-electron chi connectivity index (χ3n) is 4.08. The lowest BCUT2D eigenvalue weighted by Gasteiger charge is -2.13. The van der Waals surface area contributed by atoms with E-state index in [1.165, 1.54) is 28.9 Å². The number of sulfonamides is 1. The lowest BCUT2D eigenvalue weighted by molar-refractivity contribution is 0.102. The number of nitrogens with zero attached hydrogens (tertiary/aromatic N) is 2. The van der Waals surface area contributed by atoms with Crippen molar-refractivity contribution in [1.82, 2.24) is 9.78 Å². The van der Waals surface area contributed by atoms with E-state index in [1.54, 1.807) is 12.1 Å². The highest BCUT2D eigenvalue weighted by Gasteiger charge is 2.18. The van der Waals surface area contributed by atoms with Gasteiger partial charge < -0.3 is 5.32 Å². The van der Waals surface area contributed by atoms with Crippen LogP contribution in [-0.2, 0) is 16.6 Å². The monoisotopic (exact) mass is 430 g/mol. The second-order valence-corrected chi connectivity index (χ2v) is 8.02. The lowest BCUT2D eigenvalue weighted by atomic mass is 10.2. The van der Waals surface area contributed by atoms with Gasteiger partial charge in [-0.3, -0.25) is 14.3 Å². The van der Waals surface area contributed by atoms with Crippen LogP contribution in [0.15, 0.2) is 70.4 Å². The number of anilines is 2. The smallest absolute Gasteiger partial charge is 0.276 e. The van der Waals surface area contributed by atoms with Gasteiger partial charge in [0.05, 0.1) is 16.3 Å². The first-order chi connectivity index (χ1) is 14.3. The number of nitrogens with one attached hydrogen (secondary N) is 2. The van der Waals surface area contributed by atoms with Crippen LogP contribution in [0.3, 0.4) is 0 Å². The van der Waals surface area contributed by atoms with Gasteiger partial charge in [0.1, 0.15) is 11.5 Å². The van der Waals surface area contributed by atoms with Gasteiger partial charge in [-0.1, -0.05) is 19.1 Å². The van der Waals surface area contributed by atoms with Crippen molar-refractivity contribution in [2.75, 3.05) is 10.0 Å². The molecule has 0 spiro atoms. The van der Waals surface area contributed by atoms with Crippen molar-refractivity contribution in [2.45, 2.75) is 24.8 Å². The largest absolute Gasteiger partial charge is 0.319 e. The van der Waals surface area contributed by atoms with Gasteiger partial charge in [-0.25, -0.2) is 17.5 Å². The molecule has 2 N–H and O–H groups in total. The molecule has 156 valence electrons. The zero-order valence-electron chi connectivity index (χ0n) is 16.0. The van der Waals surface area contributed by atoms with E-state index in [9.17, 15) is 22.4 Å². The van der Waals surface area contributed by atoms with E-state index in [4.69, 9.17) is 0 Å². The number of amides is 1. The summed E-state index contributed by atoms with van der Waals surface area (Å²) in [5, 5.41) is 6.63. The minimum absolute atomic E-state index is 0.0132. The summed E-state index contributed by atoms with van der Waals surface area (Å²) in [6, 6.07) is 13.1. The summed E-state index contributed by atoms with van der Waals surface area (Å²) in [7, 11) is -4.00. The van der Waals surface area contributed by atoms with Gasteiger partial charge in [-0.05, 0) is 48.9 Å². The van der Waals surface area contributed by atoms with Crippen LogP contribution in [0.1, 0.15) is 23.8 Å². The average Bonchev–Trinajstić information content (AvgIpc) is 2.71. The van der Waals surface area contributed by atoms with Gasteiger partial charge in [0.25, 0.3) is 21.5 Å². The van der Waals surface area contributed by atoms with Crippen molar-refractivity contribution in [1.29, 1.82) is 0 Å². The fourth-order valence-corrected chi connectivity index (χ4v) is 3.71. The standard InChI is InChI=1S/C20H19FN4O4S/c1-2-13-25-19(26)12-11-18(23-25)20(27)22-16-5-3-4-6-17(16)24-30(28,29)15-9-7-14(21)8-10-15/h3-12,24H,2,13H2,1H3,(H,22,27). The Balaban J connectivity index is 1.85. The molecule has 0 saturated carbocycles. The zero-order chi connectivity index (χ0) is 21.7. The van der Waals surface area contributed by atoms with Gasteiger partial charge in [0.2, 0.25) is 0 Å². The molecular weight excluding hydrogens is 411 g/mol. The first-order valence-electron chi connectivity index (χ1n) is 9.07.